The zero-order valence-electron chi connectivity index (χ0n) is 19.2. The zero-order chi connectivity index (χ0) is 23.9. The average Bonchev–Trinajstić information content (AvgIpc) is 3.57. The first-order valence-electron chi connectivity index (χ1n) is 11.4. The van der Waals surface area contributed by atoms with Crippen molar-refractivity contribution >= 4 is 15.7 Å². The van der Waals surface area contributed by atoms with Crippen LogP contribution in [0.1, 0.15) is 37.4 Å². The summed E-state index contributed by atoms with van der Waals surface area (Å²) in [7, 11) is -2.36. The Labute approximate surface area is 198 Å². The molecule has 5 rings (SSSR count). The summed E-state index contributed by atoms with van der Waals surface area (Å²) < 4.78 is 34.8. The maximum Gasteiger partial charge on any atom is 0.296 e. The summed E-state index contributed by atoms with van der Waals surface area (Å²) >= 11 is 0. The Morgan fingerprint density at radius 2 is 1.59 bits per heavy atom. The van der Waals surface area contributed by atoms with Crippen molar-refractivity contribution in [1.82, 2.24) is 19.1 Å². The Balaban J connectivity index is 1.60. The number of hydrogen-bond acceptors (Lipinski definition) is 4. The Kier molecular flexibility index (Phi) is 5.65. The van der Waals surface area contributed by atoms with Gasteiger partial charge in [0.25, 0.3) is 15.6 Å². The number of nitrogens with one attached hydrogen (secondary N) is 1. The third-order valence-corrected chi connectivity index (χ3v) is 7.88. The lowest BCUT2D eigenvalue weighted by atomic mass is 10.2. The number of hydrogen-bond donors (Lipinski definition) is 1. The van der Waals surface area contributed by atoms with Crippen LogP contribution < -0.4 is 10.3 Å². The normalized spacial score (nSPS) is 14.5. The highest BCUT2D eigenvalue weighted by Crippen LogP contribution is 2.34. The molecule has 0 unspecified atom stereocenters. The largest absolute Gasteiger partial charge is 0.296 e. The van der Waals surface area contributed by atoms with Crippen LogP contribution in [0.25, 0.3) is 16.9 Å². The topological polar surface area (TPSA) is 90.9 Å². The minimum absolute atomic E-state index is 0.0268. The van der Waals surface area contributed by atoms with Gasteiger partial charge in [0.2, 0.25) is 0 Å². The van der Waals surface area contributed by atoms with Crippen LogP contribution in [0.5, 0.6) is 0 Å². The molecule has 1 aliphatic carbocycles. The number of para-hydroxylation sites is 1. The summed E-state index contributed by atoms with van der Waals surface area (Å²) in [6.07, 6.45) is 5.76. The number of nitrogens with zero attached hydrogens (tertiary/aromatic N) is 4. The molecular formula is C25H27N5O3S. The monoisotopic (exact) mass is 477 g/mol. The van der Waals surface area contributed by atoms with E-state index in [1.165, 1.54) is 4.68 Å². The van der Waals surface area contributed by atoms with Gasteiger partial charge in [0.1, 0.15) is 16.3 Å². The predicted molar refractivity (Wildman–Crippen MR) is 132 cm³/mol. The molecule has 176 valence electrons. The van der Waals surface area contributed by atoms with Crippen LogP contribution in [0, 0.1) is 6.92 Å². The van der Waals surface area contributed by atoms with Gasteiger partial charge in [-0.25, -0.2) is 13.1 Å². The maximum atomic E-state index is 13.7. The summed E-state index contributed by atoms with van der Waals surface area (Å²) in [5, 5.41) is 4.69. The van der Waals surface area contributed by atoms with Crippen molar-refractivity contribution in [3.8, 4) is 16.9 Å². The van der Waals surface area contributed by atoms with Crippen LogP contribution in [-0.4, -0.2) is 27.6 Å². The Bertz CT molecular complexity index is 1480. The van der Waals surface area contributed by atoms with E-state index in [4.69, 9.17) is 5.10 Å². The molecular weight excluding hydrogens is 450 g/mol. The number of benzene rings is 2. The molecule has 0 radical (unpaired) electrons. The molecule has 1 fully saturated rings. The molecule has 9 heteroatoms. The van der Waals surface area contributed by atoms with Crippen molar-refractivity contribution in [2.75, 3.05) is 4.72 Å². The molecule has 2 aromatic heterocycles. The van der Waals surface area contributed by atoms with E-state index in [1.54, 1.807) is 41.7 Å². The van der Waals surface area contributed by atoms with Gasteiger partial charge in [-0.3, -0.25) is 18.9 Å². The summed E-state index contributed by atoms with van der Waals surface area (Å²) in [6, 6.07) is 18.6. The van der Waals surface area contributed by atoms with E-state index in [0.29, 0.717) is 22.6 Å². The standard InChI is InChI=1S/C25H27N5O3S/c1-18-23(25(31)30(28(18)2)21-15-7-4-8-16-21)27-34(32,33)22-17-29(20-13-9-10-14-20)26-24(22)19-11-5-3-6-12-19/h3-8,11-12,15-17,20,27H,9-10,13-14H2,1-2H3. The van der Waals surface area contributed by atoms with E-state index in [0.717, 1.165) is 25.7 Å². The van der Waals surface area contributed by atoms with E-state index in [1.807, 2.05) is 48.5 Å². The second kappa shape index (κ2) is 8.64. The van der Waals surface area contributed by atoms with Crippen LogP contribution in [0.3, 0.4) is 0 Å². The van der Waals surface area contributed by atoms with Crippen molar-refractivity contribution in [2.24, 2.45) is 7.05 Å². The molecule has 0 spiro atoms. The van der Waals surface area contributed by atoms with E-state index < -0.39 is 15.6 Å². The molecule has 0 bridgehead atoms. The lowest BCUT2D eigenvalue weighted by molar-refractivity contribution is 0.467. The molecule has 4 aromatic rings. The van der Waals surface area contributed by atoms with E-state index in [2.05, 4.69) is 4.72 Å². The SMILES string of the molecule is Cc1c(NS(=O)(=O)c2cn(C3CCCC3)nc2-c2ccccc2)c(=O)n(-c2ccccc2)n1C. The molecule has 0 atom stereocenters. The summed E-state index contributed by atoms with van der Waals surface area (Å²) in [4.78, 5) is 13.4. The number of aromatic nitrogens is 4. The molecule has 1 aliphatic rings. The van der Waals surface area contributed by atoms with Gasteiger partial charge in [0.15, 0.2) is 0 Å². The van der Waals surface area contributed by atoms with Crippen molar-refractivity contribution in [1.29, 1.82) is 0 Å². The fraction of sp³-hybridized carbons (Fsp3) is 0.280. The molecule has 34 heavy (non-hydrogen) atoms. The van der Waals surface area contributed by atoms with Gasteiger partial charge in [-0.05, 0) is 31.9 Å². The molecule has 2 aromatic carbocycles. The van der Waals surface area contributed by atoms with Gasteiger partial charge in [-0.2, -0.15) is 5.10 Å². The molecule has 8 nitrogen and oxygen atoms in total. The minimum Gasteiger partial charge on any atom is -0.283 e. The Hall–Kier alpha value is -3.59. The van der Waals surface area contributed by atoms with Crippen molar-refractivity contribution in [3.05, 3.63) is 82.9 Å². The number of rotatable bonds is 6. The van der Waals surface area contributed by atoms with Crippen LogP contribution >= 0.6 is 0 Å². The fourth-order valence-corrected chi connectivity index (χ4v) is 5.87. The molecule has 0 saturated heterocycles. The summed E-state index contributed by atoms with van der Waals surface area (Å²) in [6.45, 7) is 1.72. The maximum absolute atomic E-state index is 13.7. The van der Waals surface area contributed by atoms with E-state index in [-0.39, 0.29) is 16.6 Å². The second-order valence-electron chi connectivity index (χ2n) is 8.67. The molecule has 0 amide bonds. The molecule has 1 N–H and O–H groups in total. The predicted octanol–water partition coefficient (Wildman–Crippen LogP) is 4.26. The number of anilines is 1. The molecule has 0 aliphatic heterocycles. The van der Waals surface area contributed by atoms with Gasteiger partial charge >= 0.3 is 0 Å². The van der Waals surface area contributed by atoms with Gasteiger partial charge in [0.05, 0.1) is 17.4 Å². The van der Waals surface area contributed by atoms with Crippen molar-refractivity contribution in [3.63, 3.8) is 0 Å². The van der Waals surface area contributed by atoms with Gasteiger partial charge < -0.3 is 0 Å². The van der Waals surface area contributed by atoms with Crippen LogP contribution in [0.2, 0.25) is 0 Å². The summed E-state index contributed by atoms with van der Waals surface area (Å²) in [5.41, 5.74) is 1.87. The van der Waals surface area contributed by atoms with Gasteiger partial charge in [-0.1, -0.05) is 61.4 Å². The van der Waals surface area contributed by atoms with E-state index >= 15 is 0 Å². The molecule has 2 heterocycles. The highest BCUT2D eigenvalue weighted by atomic mass is 32.2. The minimum atomic E-state index is -4.09. The first kappa shape index (κ1) is 22.2. The van der Waals surface area contributed by atoms with E-state index in [9.17, 15) is 13.2 Å². The van der Waals surface area contributed by atoms with Gasteiger partial charge in [-0.15, -0.1) is 0 Å². The third kappa shape index (κ3) is 3.86. The second-order valence-corrected chi connectivity index (χ2v) is 10.3. The highest BCUT2D eigenvalue weighted by molar-refractivity contribution is 7.92. The van der Waals surface area contributed by atoms with Gasteiger partial charge in [0, 0.05) is 18.8 Å². The average molecular weight is 478 g/mol. The van der Waals surface area contributed by atoms with Crippen LogP contribution in [-0.2, 0) is 17.1 Å². The lowest BCUT2D eigenvalue weighted by Gasteiger charge is -2.08. The lowest BCUT2D eigenvalue weighted by Crippen LogP contribution is -2.23. The Morgan fingerprint density at radius 3 is 2.24 bits per heavy atom. The quantitative estimate of drug-likeness (QED) is 0.449. The first-order chi connectivity index (χ1) is 16.4. The Morgan fingerprint density at radius 1 is 0.971 bits per heavy atom. The van der Waals surface area contributed by atoms with Crippen molar-refractivity contribution < 1.29 is 8.42 Å². The van der Waals surface area contributed by atoms with Crippen LogP contribution in [0.15, 0.2) is 76.6 Å². The zero-order valence-corrected chi connectivity index (χ0v) is 20.0. The fourth-order valence-electron chi connectivity index (χ4n) is 4.60. The number of sulfonamides is 1. The smallest absolute Gasteiger partial charge is 0.283 e. The highest BCUT2D eigenvalue weighted by Gasteiger charge is 2.29. The summed E-state index contributed by atoms with van der Waals surface area (Å²) in [5.74, 6) is 0. The molecule has 1 saturated carbocycles. The third-order valence-electron chi connectivity index (χ3n) is 6.52. The van der Waals surface area contributed by atoms with Crippen molar-refractivity contribution in [2.45, 2.75) is 43.5 Å². The first-order valence-corrected chi connectivity index (χ1v) is 12.9. The van der Waals surface area contributed by atoms with Crippen LogP contribution in [0.4, 0.5) is 5.69 Å².